The normalized spacial score (nSPS) is 13.8. The van der Waals surface area contributed by atoms with Crippen LogP contribution in [0.4, 0.5) is 0 Å². The molecule has 5 nitrogen and oxygen atoms in total. The molecule has 1 N–H and O–H groups in total. The predicted molar refractivity (Wildman–Crippen MR) is 123 cm³/mol. The minimum Gasteiger partial charge on any atom is -0.282 e. The van der Waals surface area contributed by atoms with E-state index in [1.165, 1.54) is 12.1 Å². The van der Waals surface area contributed by atoms with Crippen molar-refractivity contribution in [1.82, 2.24) is 4.57 Å². The zero-order valence-corrected chi connectivity index (χ0v) is 18.1. The fourth-order valence-electron chi connectivity index (χ4n) is 4.11. The van der Waals surface area contributed by atoms with Crippen LogP contribution in [0.2, 0.25) is 0 Å². The van der Waals surface area contributed by atoms with E-state index >= 15 is 0 Å². The molecule has 0 atom stereocenters. The fourth-order valence-corrected chi connectivity index (χ4v) is 5.63. The lowest BCUT2D eigenvalue weighted by Crippen LogP contribution is -2.17. The van der Waals surface area contributed by atoms with Crippen molar-refractivity contribution < 1.29 is 17.8 Å². The van der Waals surface area contributed by atoms with Crippen LogP contribution in [-0.2, 0) is 22.3 Å². The van der Waals surface area contributed by atoms with Crippen molar-refractivity contribution in [1.29, 1.82) is 0 Å². The Labute approximate surface area is 184 Å². The van der Waals surface area contributed by atoms with Crippen molar-refractivity contribution in [2.24, 2.45) is 0 Å². The number of hydrogen-bond acceptors (Lipinski definition) is 4. The Kier molecular flexibility index (Phi) is 4.97. The summed E-state index contributed by atoms with van der Waals surface area (Å²) in [6.07, 6.45) is 0.726. The molecule has 0 radical (unpaired) electrons. The third-order valence-electron chi connectivity index (χ3n) is 5.62. The molecular weight excluding hydrogens is 430 g/mol. The van der Waals surface area contributed by atoms with Gasteiger partial charge in [-0.15, -0.1) is 0 Å². The number of benzene rings is 3. The summed E-state index contributed by atoms with van der Waals surface area (Å²) >= 11 is 1.75. The second kappa shape index (κ2) is 7.67. The first-order chi connectivity index (χ1) is 14.9. The zero-order chi connectivity index (χ0) is 21.6. The number of nitrogens with zero attached hydrogens (tertiary/aromatic N) is 1. The average Bonchev–Trinajstić information content (AvgIpc) is 3.12. The third kappa shape index (κ3) is 3.59. The lowest BCUT2D eigenvalue weighted by atomic mass is 10.0. The smallest absolute Gasteiger partial charge is 0.282 e. The van der Waals surface area contributed by atoms with Gasteiger partial charge >= 0.3 is 0 Å². The van der Waals surface area contributed by atoms with E-state index in [1.807, 2.05) is 54.6 Å². The van der Waals surface area contributed by atoms with Gasteiger partial charge in [-0.1, -0.05) is 42.5 Å². The molecular formula is C24H19NO4S2. The molecule has 0 spiro atoms. The predicted octanol–water partition coefficient (Wildman–Crippen LogP) is 5.03. The van der Waals surface area contributed by atoms with Crippen molar-refractivity contribution in [3.63, 3.8) is 0 Å². The molecule has 2 heterocycles. The molecule has 1 aliphatic rings. The Morgan fingerprint density at radius 3 is 2.35 bits per heavy atom. The molecule has 7 heteroatoms. The summed E-state index contributed by atoms with van der Waals surface area (Å²) in [5.41, 5.74) is 5.23. The minimum absolute atomic E-state index is 0.141. The van der Waals surface area contributed by atoms with Gasteiger partial charge in [0.15, 0.2) is 0 Å². The number of hydrogen-bond donors (Lipinski definition) is 1. The second-order valence-corrected chi connectivity index (χ2v) is 9.99. The summed E-state index contributed by atoms with van der Waals surface area (Å²) in [6, 6.07) is 21.9. The lowest BCUT2D eigenvalue weighted by Gasteiger charge is -2.15. The number of carbonyl (C=O) groups excluding carboxylic acids is 1. The molecule has 0 saturated carbocycles. The summed E-state index contributed by atoms with van der Waals surface area (Å²) in [7, 11) is -4.32. The molecule has 0 fully saturated rings. The van der Waals surface area contributed by atoms with Crippen molar-refractivity contribution >= 4 is 38.7 Å². The molecule has 1 aromatic heterocycles. The average molecular weight is 450 g/mol. The fraction of sp³-hybridized carbons (Fsp3) is 0.125. The highest BCUT2D eigenvalue weighted by molar-refractivity contribution is 7.98. The largest absolute Gasteiger partial charge is 0.294 e. The number of fused-ring (bicyclic) bond motifs is 3. The van der Waals surface area contributed by atoms with Crippen molar-refractivity contribution in [3.8, 4) is 11.1 Å². The molecule has 1 aliphatic heterocycles. The van der Waals surface area contributed by atoms with Crippen LogP contribution >= 0.6 is 11.8 Å². The Hall–Kier alpha value is -2.87. The molecule has 0 bridgehead atoms. The van der Waals surface area contributed by atoms with Gasteiger partial charge in [0.25, 0.3) is 16.0 Å². The quantitative estimate of drug-likeness (QED) is 0.444. The Balaban J connectivity index is 1.62. The minimum atomic E-state index is -4.32. The van der Waals surface area contributed by atoms with Crippen LogP contribution in [0.1, 0.15) is 21.6 Å². The van der Waals surface area contributed by atoms with Gasteiger partial charge in [-0.25, -0.2) is 0 Å². The first-order valence-electron chi connectivity index (χ1n) is 9.85. The van der Waals surface area contributed by atoms with Gasteiger partial charge in [0, 0.05) is 22.4 Å². The molecule has 3 aromatic carbocycles. The van der Waals surface area contributed by atoms with Crippen LogP contribution in [0.25, 0.3) is 22.0 Å². The number of aromatic nitrogens is 1. The number of rotatable bonds is 3. The highest BCUT2D eigenvalue weighted by Gasteiger charge is 2.25. The maximum absolute atomic E-state index is 13.5. The highest BCUT2D eigenvalue weighted by atomic mass is 32.2. The number of carbonyl (C=O) groups is 1. The van der Waals surface area contributed by atoms with E-state index in [-0.39, 0.29) is 10.8 Å². The second-order valence-electron chi connectivity index (χ2n) is 7.47. The molecule has 0 aliphatic carbocycles. The molecule has 156 valence electrons. The molecule has 0 unspecified atom stereocenters. The standard InChI is InChI=1S/C24H19NO4S2/c26-24(18-8-6-17(7-9-18)16-4-2-1-3-5-16)25-22-11-10-19(31(27,28)29)14-20(22)21-15-30-13-12-23(21)25/h1-11,14H,12-13,15H2,(H,27,28,29). The maximum Gasteiger partial charge on any atom is 0.294 e. The van der Waals surface area contributed by atoms with Crippen LogP contribution in [-0.4, -0.2) is 29.2 Å². The van der Waals surface area contributed by atoms with Gasteiger partial charge < -0.3 is 0 Å². The molecule has 4 aromatic rings. The van der Waals surface area contributed by atoms with E-state index < -0.39 is 10.1 Å². The van der Waals surface area contributed by atoms with E-state index in [0.717, 1.165) is 34.6 Å². The van der Waals surface area contributed by atoms with E-state index in [2.05, 4.69) is 0 Å². The van der Waals surface area contributed by atoms with Gasteiger partial charge in [0.2, 0.25) is 0 Å². The van der Waals surface area contributed by atoms with Crippen molar-refractivity contribution in [3.05, 3.63) is 89.6 Å². The van der Waals surface area contributed by atoms with Crippen LogP contribution in [0.15, 0.2) is 77.7 Å². The lowest BCUT2D eigenvalue weighted by molar-refractivity contribution is 0.0962. The SMILES string of the molecule is O=C(c1ccc(-c2ccccc2)cc1)n1c2c(c3cc(S(=O)(=O)O)ccc31)CSCC2. The molecule has 0 saturated heterocycles. The monoisotopic (exact) mass is 449 g/mol. The van der Waals surface area contributed by atoms with Crippen LogP contribution in [0, 0.1) is 0 Å². The van der Waals surface area contributed by atoms with Crippen molar-refractivity contribution in [2.75, 3.05) is 5.75 Å². The van der Waals surface area contributed by atoms with Gasteiger partial charge in [-0.3, -0.25) is 13.9 Å². The van der Waals surface area contributed by atoms with Crippen LogP contribution in [0.5, 0.6) is 0 Å². The van der Waals surface area contributed by atoms with Crippen molar-refractivity contribution in [2.45, 2.75) is 17.1 Å². The zero-order valence-electron chi connectivity index (χ0n) is 16.5. The summed E-state index contributed by atoms with van der Waals surface area (Å²) < 4.78 is 34.4. The van der Waals surface area contributed by atoms with Crippen LogP contribution in [0.3, 0.4) is 0 Å². The topological polar surface area (TPSA) is 76.4 Å². The van der Waals surface area contributed by atoms with E-state index in [0.29, 0.717) is 22.2 Å². The summed E-state index contributed by atoms with van der Waals surface area (Å²) in [5, 5.41) is 0.701. The molecule has 31 heavy (non-hydrogen) atoms. The van der Waals surface area contributed by atoms with E-state index in [9.17, 15) is 17.8 Å². The first-order valence-corrected chi connectivity index (χ1v) is 12.4. The third-order valence-corrected chi connectivity index (χ3v) is 7.46. The Bertz CT molecular complexity index is 1410. The van der Waals surface area contributed by atoms with Gasteiger partial charge in [0.1, 0.15) is 0 Å². The Morgan fingerprint density at radius 1 is 0.935 bits per heavy atom. The van der Waals surface area contributed by atoms with Gasteiger partial charge in [0.05, 0.1) is 10.4 Å². The van der Waals surface area contributed by atoms with E-state index in [1.54, 1.807) is 22.4 Å². The summed E-state index contributed by atoms with van der Waals surface area (Å²) in [5.74, 6) is 1.46. The van der Waals surface area contributed by atoms with Crippen LogP contribution < -0.4 is 0 Å². The van der Waals surface area contributed by atoms with Gasteiger partial charge in [-0.2, -0.15) is 20.2 Å². The first kappa shape index (κ1) is 20.1. The highest BCUT2D eigenvalue weighted by Crippen LogP contribution is 2.36. The maximum atomic E-state index is 13.5. The summed E-state index contributed by atoms with van der Waals surface area (Å²) in [6.45, 7) is 0. The molecule has 5 rings (SSSR count). The summed E-state index contributed by atoms with van der Waals surface area (Å²) in [4.78, 5) is 13.4. The Morgan fingerprint density at radius 2 is 1.65 bits per heavy atom. The van der Waals surface area contributed by atoms with Gasteiger partial charge in [-0.05, 0) is 59.2 Å². The molecule has 0 amide bonds. The van der Waals surface area contributed by atoms with E-state index in [4.69, 9.17) is 0 Å². The number of thioether (sulfide) groups is 1.